The van der Waals surface area contributed by atoms with E-state index in [1.54, 1.807) is 0 Å². The van der Waals surface area contributed by atoms with Crippen LogP contribution in [0.4, 0.5) is 0 Å². The summed E-state index contributed by atoms with van der Waals surface area (Å²) in [5.74, 6) is 0. The molecule has 0 unspecified atom stereocenters. The summed E-state index contributed by atoms with van der Waals surface area (Å²) in [6.07, 6.45) is 0. The van der Waals surface area contributed by atoms with Gasteiger partial charge in [-0.05, 0) is 0 Å². The van der Waals surface area contributed by atoms with Crippen molar-refractivity contribution in [2.24, 2.45) is 0 Å². The van der Waals surface area contributed by atoms with E-state index < -0.39 is 15.5 Å². The van der Waals surface area contributed by atoms with E-state index in [4.69, 9.17) is 3.80 Å². The summed E-state index contributed by atoms with van der Waals surface area (Å²) < 4.78 is 13.2. The second-order valence-electron chi connectivity index (χ2n) is 0.332. The molecule has 0 saturated carbocycles. The summed E-state index contributed by atoms with van der Waals surface area (Å²) in [4.78, 5) is 0. The van der Waals surface area contributed by atoms with Gasteiger partial charge in [0.05, 0.1) is 0 Å². The molecule has 0 aliphatic carbocycles. The van der Waals surface area contributed by atoms with E-state index in [0.29, 0.717) is 0 Å². The molecule has 0 spiro atoms. The Labute approximate surface area is 59.4 Å². The number of rotatable bonds is 1. The Hall–Kier alpha value is 1.13. The SMILES string of the molecule is C[O][Al]=[O].[NaH]. The van der Waals surface area contributed by atoms with Crippen molar-refractivity contribution in [2.75, 3.05) is 7.11 Å². The van der Waals surface area contributed by atoms with E-state index in [1.165, 1.54) is 7.11 Å². The zero-order chi connectivity index (χ0) is 3.41. The Bertz CT molecular complexity index is 23.6. The number of hydrogen-bond donors (Lipinski definition) is 0. The molecule has 0 aliphatic rings. The molecule has 24 valence electrons. The predicted molar refractivity (Wildman–Crippen MR) is 20.6 cm³/mol. The van der Waals surface area contributed by atoms with Gasteiger partial charge in [-0.2, -0.15) is 0 Å². The third-order valence-electron chi connectivity index (χ3n) is 0.0962. The van der Waals surface area contributed by atoms with Crippen LogP contribution in [0.1, 0.15) is 0 Å². The predicted octanol–water partition coefficient (Wildman–Crippen LogP) is -1.05. The van der Waals surface area contributed by atoms with Crippen molar-refractivity contribution >= 4 is 45.0 Å². The van der Waals surface area contributed by atoms with Gasteiger partial charge in [0.15, 0.2) is 0 Å². The monoisotopic (exact) mass is 98.0 g/mol. The van der Waals surface area contributed by atoms with Crippen LogP contribution in [-0.4, -0.2) is 52.2 Å². The van der Waals surface area contributed by atoms with E-state index >= 15 is 0 Å². The maximum absolute atomic E-state index is 9.16. The molecule has 0 atom stereocenters. The first-order chi connectivity index (χ1) is 1.91. The minimum atomic E-state index is -0.968. The fraction of sp³-hybridized carbons (Fsp3) is 1.00. The minimum absolute atomic E-state index is 0. The van der Waals surface area contributed by atoms with Crippen LogP contribution in [0.5, 0.6) is 0 Å². The van der Waals surface area contributed by atoms with Gasteiger partial charge >= 0.3 is 59.7 Å². The summed E-state index contributed by atoms with van der Waals surface area (Å²) in [5.41, 5.74) is 0. The van der Waals surface area contributed by atoms with Crippen molar-refractivity contribution in [1.82, 2.24) is 0 Å². The van der Waals surface area contributed by atoms with Crippen LogP contribution < -0.4 is 0 Å². The molecule has 0 heterocycles. The molecule has 0 bridgehead atoms. The topological polar surface area (TPSA) is 26.3 Å². The van der Waals surface area contributed by atoms with Gasteiger partial charge in [-0.25, -0.2) is 0 Å². The molecular formula is CH4AlNaO2. The number of hydrogen-bond acceptors (Lipinski definition) is 2. The van der Waals surface area contributed by atoms with Gasteiger partial charge in [0, 0.05) is 0 Å². The van der Waals surface area contributed by atoms with Crippen LogP contribution in [0.2, 0.25) is 0 Å². The summed E-state index contributed by atoms with van der Waals surface area (Å²) in [6.45, 7) is 0. The molecule has 0 aromatic heterocycles. The van der Waals surface area contributed by atoms with Crippen molar-refractivity contribution < 1.29 is 7.59 Å². The molecule has 0 amide bonds. The van der Waals surface area contributed by atoms with Crippen molar-refractivity contribution in [3.63, 3.8) is 0 Å². The summed E-state index contributed by atoms with van der Waals surface area (Å²) in [6, 6.07) is 0. The van der Waals surface area contributed by atoms with Gasteiger partial charge in [0.1, 0.15) is 0 Å². The van der Waals surface area contributed by atoms with E-state index in [0.717, 1.165) is 0 Å². The Kier molecular flexibility index (Phi) is 16.9. The van der Waals surface area contributed by atoms with Crippen molar-refractivity contribution in [2.45, 2.75) is 0 Å². The second kappa shape index (κ2) is 8.93. The molecule has 0 aromatic carbocycles. The average Bonchev–Trinajstić information content (AvgIpc) is 1.37. The van der Waals surface area contributed by atoms with Gasteiger partial charge in [-0.1, -0.05) is 0 Å². The molecule has 0 radical (unpaired) electrons. The van der Waals surface area contributed by atoms with Crippen molar-refractivity contribution in [3.05, 3.63) is 0 Å². The van der Waals surface area contributed by atoms with Crippen molar-refractivity contribution in [3.8, 4) is 0 Å². The van der Waals surface area contributed by atoms with Gasteiger partial charge < -0.3 is 0 Å². The van der Waals surface area contributed by atoms with Gasteiger partial charge in [-0.15, -0.1) is 0 Å². The third kappa shape index (κ3) is 11.1. The zero-order valence-corrected chi connectivity index (χ0v) is 3.55. The van der Waals surface area contributed by atoms with Crippen LogP contribution in [0, 0.1) is 0 Å². The van der Waals surface area contributed by atoms with Gasteiger partial charge in [-0.3, -0.25) is 0 Å². The maximum atomic E-state index is 9.16. The van der Waals surface area contributed by atoms with E-state index in [2.05, 4.69) is 3.79 Å². The van der Waals surface area contributed by atoms with Crippen LogP contribution in [0.3, 0.4) is 0 Å². The Balaban J connectivity index is 0. The summed E-state index contributed by atoms with van der Waals surface area (Å²) >= 11 is -0.968. The normalized spacial score (nSPS) is 3.40. The molecule has 2 nitrogen and oxygen atoms in total. The Morgan fingerprint density at radius 3 is 2.00 bits per heavy atom. The quantitative estimate of drug-likeness (QED) is 0.391. The molecule has 0 aromatic rings. The third-order valence-corrected chi connectivity index (χ3v) is 0.289. The van der Waals surface area contributed by atoms with Crippen LogP contribution in [0.25, 0.3) is 0 Å². The molecular weight excluding hydrogens is 94.0 g/mol. The Morgan fingerprint density at radius 2 is 2.00 bits per heavy atom. The zero-order valence-electron chi connectivity index (χ0n) is 2.39. The van der Waals surface area contributed by atoms with Gasteiger partial charge in [0.2, 0.25) is 0 Å². The van der Waals surface area contributed by atoms with Gasteiger partial charge in [0.25, 0.3) is 0 Å². The molecule has 0 rings (SSSR count). The summed E-state index contributed by atoms with van der Waals surface area (Å²) in [5, 5.41) is 0. The second-order valence-corrected chi connectivity index (χ2v) is 0.996. The summed E-state index contributed by atoms with van der Waals surface area (Å²) in [7, 11) is 1.41. The van der Waals surface area contributed by atoms with Crippen LogP contribution in [-0.2, 0) is 7.59 Å². The average molecular weight is 98.0 g/mol. The molecule has 0 N–H and O–H groups in total. The fourth-order valence-corrected chi connectivity index (χ4v) is 0. The first-order valence-electron chi connectivity index (χ1n) is 0.880. The first-order valence-corrected chi connectivity index (χ1v) is 1.82. The fourth-order valence-electron chi connectivity index (χ4n) is 0. The van der Waals surface area contributed by atoms with E-state index in [1.807, 2.05) is 0 Å². The molecule has 4 heteroatoms. The first kappa shape index (κ1) is 9.46. The van der Waals surface area contributed by atoms with E-state index in [-0.39, 0.29) is 29.6 Å². The standard InChI is InChI=1S/CH3O.Al.Na.O.H/c1-2;;;;/h1H3;;;;/q-1;+1;;;. The van der Waals surface area contributed by atoms with E-state index in [9.17, 15) is 0 Å². The molecule has 5 heavy (non-hydrogen) atoms. The Morgan fingerprint density at radius 1 is 1.80 bits per heavy atom. The molecule has 0 aliphatic heterocycles. The van der Waals surface area contributed by atoms with Crippen molar-refractivity contribution in [1.29, 1.82) is 0 Å². The van der Waals surface area contributed by atoms with Crippen LogP contribution in [0.15, 0.2) is 0 Å². The van der Waals surface area contributed by atoms with Crippen LogP contribution >= 0.6 is 0 Å². The molecule has 0 fully saturated rings. The molecule has 0 saturated heterocycles.